The van der Waals surface area contributed by atoms with Gasteiger partial charge in [0.15, 0.2) is 0 Å². The van der Waals surface area contributed by atoms with Crippen LogP contribution in [0.5, 0.6) is 0 Å². The van der Waals surface area contributed by atoms with Gasteiger partial charge in [-0.15, -0.1) is 0 Å². The number of aryl methyl sites for hydroxylation is 2. The van der Waals surface area contributed by atoms with Gasteiger partial charge < -0.3 is 9.80 Å². The highest BCUT2D eigenvalue weighted by molar-refractivity contribution is 6.13. The van der Waals surface area contributed by atoms with Crippen molar-refractivity contribution < 1.29 is 0 Å². The van der Waals surface area contributed by atoms with Crippen LogP contribution >= 0.6 is 0 Å². The quantitative estimate of drug-likeness (QED) is 0.169. The van der Waals surface area contributed by atoms with E-state index in [0.717, 1.165) is 17.1 Å². The van der Waals surface area contributed by atoms with Crippen molar-refractivity contribution in [1.29, 1.82) is 0 Å². The molecule has 0 aliphatic heterocycles. The van der Waals surface area contributed by atoms with E-state index in [9.17, 15) is 0 Å². The van der Waals surface area contributed by atoms with Gasteiger partial charge >= 0.3 is 0 Å². The van der Waals surface area contributed by atoms with Gasteiger partial charge in [0, 0.05) is 45.0 Å². The van der Waals surface area contributed by atoms with Crippen LogP contribution in [0.25, 0.3) is 33.0 Å². The fourth-order valence-corrected chi connectivity index (χ4v) is 9.70. The normalized spacial score (nSPS) is 14.2. The Labute approximate surface area is 331 Å². The maximum absolute atomic E-state index is 2.54. The van der Waals surface area contributed by atoms with E-state index >= 15 is 0 Å². The zero-order chi connectivity index (χ0) is 38.3. The maximum atomic E-state index is 2.54. The number of para-hydroxylation sites is 2. The number of fused-ring (bicyclic) bond motifs is 6. The van der Waals surface area contributed by atoms with Crippen molar-refractivity contribution >= 4 is 44.9 Å². The number of benzene rings is 8. The fourth-order valence-electron chi connectivity index (χ4n) is 9.70. The molecule has 0 aromatic heterocycles. The third kappa shape index (κ3) is 5.16. The Morgan fingerprint density at radius 3 is 1.36 bits per heavy atom. The highest BCUT2D eigenvalue weighted by Crippen LogP contribution is 2.58. The molecule has 0 heterocycles. The minimum atomic E-state index is -0.216. The molecule has 0 saturated heterocycles. The van der Waals surface area contributed by atoms with Crippen molar-refractivity contribution in [2.24, 2.45) is 0 Å². The molecule has 8 aromatic carbocycles. The Bertz CT molecular complexity index is 2830. The summed E-state index contributed by atoms with van der Waals surface area (Å²) < 4.78 is 0. The molecule has 0 amide bonds. The SMILES string of the molecule is Cc1cccc(N(c2ccccc2)c2ccc3c(c2)C(C)(C)c2cc4c5c(cccc5c2-3)C(C)(C)c2cc(N(c3ccccc3)c3cccc(C)c3)ccc2-4)c1. The van der Waals surface area contributed by atoms with Crippen LogP contribution in [0.1, 0.15) is 61.1 Å². The monoisotopic (exact) mass is 722 g/mol. The molecule has 0 saturated carbocycles. The van der Waals surface area contributed by atoms with E-state index in [1.807, 2.05) is 0 Å². The predicted octanol–water partition coefficient (Wildman–Crippen LogP) is 15.0. The Morgan fingerprint density at radius 2 is 0.804 bits per heavy atom. The topological polar surface area (TPSA) is 6.48 Å². The van der Waals surface area contributed by atoms with Gasteiger partial charge in [0.05, 0.1) is 0 Å². The van der Waals surface area contributed by atoms with Crippen molar-refractivity contribution in [3.05, 3.63) is 203 Å². The van der Waals surface area contributed by atoms with E-state index in [2.05, 4.69) is 221 Å². The number of anilines is 6. The molecule has 0 radical (unpaired) electrons. The summed E-state index contributed by atoms with van der Waals surface area (Å²) in [5.41, 5.74) is 19.9. The lowest BCUT2D eigenvalue weighted by Gasteiger charge is -2.37. The van der Waals surface area contributed by atoms with Crippen LogP contribution in [0.15, 0.2) is 170 Å². The summed E-state index contributed by atoms with van der Waals surface area (Å²) in [5, 5.41) is 2.73. The highest BCUT2D eigenvalue weighted by Gasteiger charge is 2.41. The van der Waals surface area contributed by atoms with E-state index in [0.29, 0.717) is 0 Å². The van der Waals surface area contributed by atoms with Crippen LogP contribution in [0, 0.1) is 13.8 Å². The van der Waals surface area contributed by atoms with Crippen LogP contribution in [0.2, 0.25) is 0 Å². The molecule has 2 aliphatic carbocycles. The zero-order valence-corrected chi connectivity index (χ0v) is 33.1. The molecule has 0 atom stereocenters. The Hall–Kier alpha value is -6.38. The first-order valence-corrected chi connectivity index (χ1v) is 19.9. The minimum Gasteiger partial charge on any atom is -0.310 e. The maximum Gasteiger partial charge on any atom is 0.0465 e. The van der Waals surface area contributed by atoms with Crippen molar-refractivity contribution in [3.8, 4) is 22.3 Å². The van der Waals surface area contributed by atoms with E-state index < -0.39 is 0 Å². The van der Waals surface area contributed by atoms with Gasteiger partial charge in [-0.2, -0.15) is 0 Å². The van der Waals surface area contributed by atoms with Crippen LogP contribution in [0.4, 0.5) is 34.1 Å². The number of hydrogen-bond donors (Lipinski definition) is 0. The smallest absolute Gasteiger partial charge is 0.0465 e. The number of hydrogen-bond acceptors (Lipinski definition) is 2. The first kappa shape index (κ1) is 34.1. The molecule has 0 unspecified atom stereocenters. The molecular formula is C54H46N2. The predicted molar refractivity (Wildman–Crippen MR) is 238 cm³/mol. The molecule has 0 N–H and O–H groups in total. The molecule has 8 aromatic rings. The van der Waals surface area contributed by atoms with Gasteiger partial charge in [-0.1, -0.05) is 119 Å². The Balaban J connectivity index is 1.16. The second-order valence-electron chi connectivity index (χ2n) is 16.8. The fraction of sp³-hybridized carbons (Fsp3) is 0.148. The molecule has 0 spiro atoms. The lowest BCUT2D eigenvalue weighted by atomic mass is 9.67. The van der Waals surface area contributed by atoms with E-state index in [1.54, 1.807) is 0 Å². The van der Waals surface area contributed by atoms with E-state index in [4.69, 9.17) is 0 Å². The second-order valence-corrected chi connectivity index (χ2v) is 16.8. The van der Waals surface area contributed by atoms with Gasteiger partial charge in [-0.05, 0) is 159 Å². The summed E-state index contributed by atoms with van der Waals surface area (Å²) in [6.45, 7) is 14.0. The molecule has 0 bridgehead atoms. The third-order valence-electron chi connectivity index (χ3n) is 12.5. The van der Waals surface area contributed by atoms with Crippen LogP contribution in [0.3, 0.4) is 0 Å². The average molecular weight is 723 g/mol. The first-order chi connectivity index (χ1) is 27.1. The summed E-state index contributed by atoms with van der Waals surface area (Å²) in [7, 11) is 0. The molecular weight excluding hydrogens is 677 g/mol. The van der Waals surface area contributed by atoms with Gasteiger partial charge in [-0.3, -0.25) is 0 Å². The molecule has 2 aliphatic rings. The van der Waals surface area contributed by atoms with Gasteiger partial charge in [-0.25, -0.2) is 0 Å². The van der Waals surface area contributed by atoms with Crippen LogP contribution in [-0.2, 0) is 10.8 Å². The largest absolute Gasteiger partial charge is 0.310 e. The Kier molecular flexibility index (Phi) is 7.67. The van der Waals surface area contributed by atoms with Gasteiger partial charge in [0.2, 0.25) is 0 Å². The van der Waals surface area contributed by atoms with Crippen molar-refractivity contribution in [1.82, 2.24) is 0 Å². The summed E-state index contributed by atoms with van der Waals surface area (Å²) in [6, 6.07) is 63.1. The molecule has 2 nitrogen and oxygen atoms in total. The average Bonchev–Trinajstić information content (AvgIpc) is 3.43. The molecule has 0 fully saturated rings. The number of nitrogens with zero attached hydrogens (tertiary/aromatic N) is 2. The number of rotatable bonds is 6. The van der Waals surface area contributed by atoms with Crippen molar-refractivity contribution in [2.75, 3.05) is 9.80 Å². The van der Waals surface area contributed by atoms with E-state index in [1.165, 1.54) is 83.5 Å². The van der Waals surface area contributed by atoms with Crippen molar-refractivity contribution in [2.45, 2.75) is 52.4 Å². The molecule has 2 heteroatoms. The summed E-state index contributed by atoms with van der Waals surface area (Å²) >= 11 is 0. The summed E-state index contributed by atoms with van der Waals surface area (Å²) in [6.07, 6.45) is 0. The molecule has 10 rings (SSSR count). The molecule has 56 heavy (non-hydrogen) atoms. The van der Waals surface area contributed by atoms with Gasteiger partial charge in [0.1, 0.15) is 0 Å². The second kappa shape index (κ2) is 12.6. The minimum absolute atomic E-state index is 0.210. The van der Waals surface area contributed by atoms with Crippen LogP contribution < -0.4 is 9.80 Å². The van der Waals surface area contributed by atoms with Crippen molar-refractivity contribution in [3.63, 3.8) is 0 Å². The zero-order valence-electron chi connectivity index (χ0n) is 33.1. The summed E-state index contributed by atoms with van der Waals surface area (Å²) in [5.74, 6) is 0. The van der Waals surface area contributed by atoms with E-state index in [-0.39, 0.29) is 10.8 Å². The van der Waals surface area contributed by atoms with Gasteiger partial charge in [0.25, 0.3) is 0 Å². The van der Waals surface area contributed by atoms with Crippen LogP contribution in [-0.4, -0.2) is 0 Å². The standard InChI is InChI=1S/C54H46N2/c1-35-16-13-22-39(30-35)55(37-18-9-7-10-19-37)41-26-28-43-46-34-50-51(45-24-15-25-47(52(45)46)53(3,4)48(43)32-41)44-29-27-42(33-49(44)54(50,5)6)56(38-20-11-8-12-21-38)40-23-14-17-36(2)31-40/h7-34H,1-6H3. The highest BCUT2D eigenvalue weighted by atomic mass is 15.1. The molecule has 272 valence electrons. The first-order valence-electron chi connectivity index (χ1n) is 19.9. The lowest BCUT2D eigenvalue weighted by Crippen LogP contribution is -2.25. The third-order valence-corrected chi connectivity index (χ3v) is 12.5. The lowest BCUT2D eigenvalue weighted by molar-refractivity contribution is 0.644. The summed E-state index contributed by atoms with van der Waals surface area (Å²) in [4.78, 5) is 4.79. The Morgan fingerprint density at radius 1 is 0.339 bits per heavy atom.